The summed E-state index contributed by atoms with van der Waals surface area (Å²) < 4.78 is 8.28. The molecule has 0 aromatic heterocycles. The Bertz CT molecular complexity index is 512. The molecule has 0 N–H and O–H groups in total. The van der Waals surface area contributed by atoms with E-state index >= 15 is 0 Å². The standard InChI is InChI=1S/C7H7O.C7H7.2CH3.Sn/c1-8-7-5-3-2-4-6-7;1-7-5-3-2-4-6-7;;;/h3-6H,1H3;3-6H,1H3;2*1H3;. The monoisotopic (exact) mass is 348 g/mol. The van der Waals surface area contributed by atoms with Gasteiger partial charge in [0.1, 0.15) is 0 Å². The van der Waals surface area contributed by atoms with E-state index in [4.69, 9.17) is 4.74 Å². The molecule has 0 fully saturated rings. The predicted octanol–water partition coefficient (Wildman–Crippen LogP) is 2.83. The average molecular weight is 347 g/mol. The molecule has 0 radical (unpaired) electrons. The molecule has 18 heavy (non-hydrogen) atoms. The number of hydrogen-bond donors (Lipinski definition) is 0. The van der Waals surface area contributed by atoms with Crippen molar-refractivity contribution in [2.45, 2.75) is 16.8 Å². The van der Waals surface area contributed by atoms with Crippen molar-refractivity contribution in [3.8, 4) is 5.75 Å². The third kappa shape index (κ3) is 2.72. The van der Waals surface area contributed by atoms with Crippen LogP contribution in [0.25, 0.3) is 0 Å². The molecule has 0 unspecified atom stereocenters. The molecule has 0 aliphatic heterocycles. The van der Waals surface area contributed by atoms with Crippen LogP contribution in [0.5, 0.6) is 5.75 Å². The zero-order valence-corrected chi connectivity index (χ0v) is 14.4. The van der Waals surface area contributed by atoms with Crippen molar-refractivity contribution in [3.05, 3.63) is 54.1 Å². The summed E-state index contributed by atoms with van der Waals surface area (Å²) >= 11 is -2.38. The summed E-state index contributed by atoms with van der Waals surface area (Å²) in [5, 5.41) is 0. The summed E-state index contributed by atoms with van der Waals surface area (Å²) in [6.07, 6.45) is 0. The fourth-order valence-corrected chi connectivity index (χ4v) is 8.80. The van der Waals surface area contributed by atoms with E-state index in [2.05, 4.69) is 65.3 Å². The van der Waals surface area contributed by atoms with E-state index in [1.807, 2.05) is 0 Å². The topological polar surface area (TPSA) is 9.23 Å². The molecule has 2 rings (SSSR count). The van der Waals surface area contributed by atoms with Crippen LogP contribution in [-0.4, -0.2) is 25.5 Å². The molecule has 94 valence electrons. The van der Waals surface area contributed by atoms with Crippen LogP contribution in [-0.2, 0) is 0 Å². The van der Waals surface area contributed by atoms with Crippen LogP contribution >= 0.6 is 0 Å². The molecule has 0 heterocycles. The van der Waals surface area contributed by atoms with Crippen molar-refractivity contribution in [3.63, 3.8) is 0 Å². The molecule has 0 bridgehead atoms. The Kier molecular flexibility index (Phi) is 4.00. The predicted molar refractivity (Wildman–Crippen MR) is 80.9 cm³/mol. The zero-order valence-electron chi connectivity index (χ0n) is 11.5. The Morgan fingerprint density at radius 2 is 1.22 bits per heavy atom. The molecule has 0 amide bonds. The molecule has 2 heteroatoms. The molecule has 0 saturated heterocycles. The van der Waals surface area contributed by atoms with Crippen molar-refractivity contribution < 1.29 is 4.74 Å². The van der Waals surface area contributed by atoms with E-state index in [1.54, 1.807) is 10.7 Å². The van der Waals surface area contributed by atoms with Crippen molar-refractivity contribution in [1.29, 1.82) is 0 Å². The van der Waals surface area contributed by atoms with Crippen LogP contribution in [0.4, 0.5) is 0 Å². The number of rotatable bonds is 3. The Morgan fingerprint density at radius 1 is 0.778 bits per heavy atom. The van der Waals surface area contributed by atoms with Gasteiger partial charge < -0.3 is 0 Å². The third-order valence-electron chi connectivity index (χ3n) is 3.58. The number of benzene rings is 2. The maximum atomic E-state index is 5.23. The first kappa shape index (κ1) is 13.5. The van der Waals surface area contributed by atoms with E-state index in [-0.39, 0.29) is 0 Å². The van der Waals surface area contributed by atoms with Crippen LogP contribution in [0, 0.1) is 6.92 Å². The van der Waals surface area contributed by atoms with Gasteiger partial charge in [0.15, 0.2) is 0 Å². The molecule has 2 aromatic rings. The first-order valence-corrected chi connectivity index (χ1v) is 14.8. The van der Waals surface area contributed by atoms with Crippen LogP contribution in [0.15, 0.2) is 48.5 Å². The number of aryl methyl sites for hydroxylation is 1. The second-order valence-corrected chi connectivity index (χ2v) is 17.8. The molecule has 0 atom stereocenters. The fraction of sp³-hybridized carbons (Fsp3) is 0.250. The van der Waals surface area contributed by atoms with E-state index in [0.29, 0.717) is 0 Å². The summed E-state index contributed by atoms with van der Waals surface area (Å²) in [6.45, 7) is 2.14. The van der Waals surface area contributed by atoms with Crippen LogP contribution < -0.4 is 11.9 Å². The van der Waals surface area contributed by atoms with E-state index < -0.39 is 18.4 Å². The fourth-order valence-electron chi connectivity index (χ4n) is 2.14. The van der Waals surface area contributed by atoms with Crippen molar-refractivity contribution >= 4 is 25.5 Å². The van der Waals surface area contributed by atoms with Gasteiger partial charge in [-0.2, -0.15) is 0 Å². The van der Waals surface area contributed by atoms with Crippen molar-refractivity contribution in [2.24, 2.45) is 0 Å². The van der Waals surface area contributed by atoms with Crippen LogP contribution in [0.2, 0.25) is 9.88 Å². The molecule has 0 aliphatic rings. The van der Waals surface area contributed by atoms with Gasteiger partial charge in [-0.3, -0.25) is 0 Å². The third-order valence-corrected chi connectivity index (χ3v) is 13.7. The Labute approximate surface area is 114 Å². The van der Waals surface area contributed by atoms with Gasteiger partial charge in [0.25, 0.3) is 0 Å². The van der Waals surface area contributed by atoms with Crippen LogP contribution in [0.1, 0.15) is 5.56 Å². The van der Waals surface area contributed by atoms with E-state index in [0.717, 1.165) is 5.75 Å². The molecular formula is C16H20OSn. The molecule has 2 aromatic carbocycles. The van der Waals surface area contributed by atoms with Gasteiger partial charge >= 0.3 is 114 Å². The second kappa shape index (κ2) is 5.35. The molecular weight excluding hydrogens is 327 g/mol. The first-order valence-electron chi connectivity index (χ1n) is 6.26. The van der Waals surface area contributed by atoms with Crippen molar-refractivity contribution in [2.75, 3.05) is 7.11 Å². The molecule has 0 saturated carbocycles. The molecule has 1 nitrogen and oxygen atoms in total. The van der Waals surface area contributed by atoms with E-state index in [1.165, 1.54) is 9.14 Å². The van der Waals surface area contributed by atoms with Crippen LogP contribution in [0.3, 0.4) is 0 Å². The second-order valence-electron chi connectivity index (χ2n) is 5.22. The summed E-state index contributed by atoms with van der Waals surface area (Å²) in [5.74, 6) is 0.935. The van der Waals surface area contributed by atoms with Gasteiger partial charge in [0.05, 0.1) is 0 Å². The minimum atomic E-state index is -2.38. The Morgan fingerprint density at radius 3 is 1.67 bits per heavy atom. The molecule has 0 aliphatic carbocycles. The van der Waals surface area contributed by atoms with Gasteiger partial charge in [0.2, 0.25) is 0 Å². The normalized spacial score (nSPS) is 11.3. The Hall–Kier alpha value is -0.961. The number of ether oxygens (including phenoxy) is 1. The zero-order chi connectivity index (χ0) is 13.2. The summed E-state index contributed by atoms with van der Waals surface area (Å²) in [7, 11) is 1.71. The first-order chi connectivity index (χ1) is 8.54. The Balaban J connectivity index is 2.37. The maximum absolute atomic E-state index is 5.23. The SMILES string of the molecule is COc1cc[c]([Sn]([CH3])([CH3])[c]2ccc(C)cc2)cc1. The summed E-state index contributed by atoms with van der Waals surface area (Å²) in [6, 6.07) is 17.6. The van der Waals surface area contributed by atoms with Crippen molar-refractivity contribution in [1.82, 2.24) is 0 Å². The summed E-state index contributed by atoms with van der Waals surface area (Å²) in [5.41, 5.74) is 1.33. The van der Waals surface area contributed by atoms with Gasteiger partial charge in [-0.15, -0.1) is 0 Å². The van der Waals surface area contributed by atoms with Gasteiger partial charge in [-0.25, -0.2) is 0 Å². The van der Waals surface area contributed by atoms with Gasteiger partial charge in [0, 0.05) is 0 Å². The van der Waals surface area contributed by atoms with Gasteiger partial charge in [-0.1, -0.05) is 0 Å². The van der Waals surface area contributed by atoms with E-state index in [9.17, 15) is 0 Å². The minimum absolute atomic E-state index is 0.935. The summed E-state index contributed by atoms with van der Waals surface area (Å²) in [4.78, 5) is 4.92. The molecule has 0 spiro atoms. The quantitative estimate of drug-likeness (QED) is 0.776. The average Bonchev–Trinajstić information content (AvgIpc) is 2.39. The number of methoxy groups -OCH3 is 1. The van der Waals surface area contributed by atoms with Gasteiger partial charge in [-0.05, 0) is 0 Å². The number of hydrogen-bond acceptors (Lipinski definition) is 1.